The minimum Gasteiger partial charge on any atom is -0.375 e. The van der Waals surface area contributed by atoms with Gasteiger partial charge in [0.05, 0.1) is 23.7 Å². The molecule has 0 saturated carbocycles. The summed E-state index contributed by atoms with van der Waals surface area (Å²) in [6.07, 6.45) is 5.47. The van der Waals surface area contributed by atoms with E-state index in [2.05, 4.69) is 15.6 Å². The van der Waals surface area contributed by atoms with Gasteiger partial charge in [-0.15, -0.1) is 11.3 Å². The lowest BCUT2D eigenvalue weighted by Crippen LogP contribution is -2.71. The van der Waals surface area contributed by atoms with E-state index in [9.17, 15) is 37.9 Å². The number of carbonyl (C=O) groups is 4. The van der Waals surface area contributed by atoms with Crippen LogP contribution in [0.4, 0.5) is 4.39 Å². The summed E-state index contributed by atoms with van der Waals surface area (Å²) in [4.78, 5) is 80.4. The van der Waals surface area contributed by atoms with Crippen LogP contribution in [-0.2, 0) is 29.2 Å². The third kappa shape index (κ3) is 6.74. The van der Waals surface area contributed by atoms with E-state index in [1.54, 1.807) is 28.1 Å². The molecule has 3 aliphatic rings. The van der Waals surface area contributed by atoms with Crippen molar-refractivity contribution in [2.75, 3.05) is 26.8 Å². The van der Waals surface area contributed by atoms with Crippen molar-refractivity contribution in [2.45, 2.75) is 68.1 Å². The molecule has 2 aromatic heterocycles. The molecule has 0 bridgehead atoms. The number of alkyl halides is 1. The molecule has 0 spiro atoms. The molecule has 1 aromatic carbocycles. The molecule has 3 saturated heterocycles. The minimum atomic E-state index is -5.00. The molecule has 48 heavy (non-hydrogen) atoms. The zero-order chi connectivity index (χ0) is 34.2. The van der Waals surface area contributed by atoms with Crippen molar-refractivity contribution in [3.8, 4) is 0 Å². The highest BCUT2D eigenvalue weighted by Crippen LogP contribution is 2.53. The van der Waals surface area contributed by atoms with Crippen LogP contribution in [0.5, 0.6) is 0 Å². The Balaban J connectivity index is 1.17. The molecule has 256 valence electrons. The van der Waals surface area contributed by atoms with Crippen LogP contribution >= 0.6 is 18.9 Å². The third-order valence-electron chi connectivity index (χ3n) is 9.30. The summed E-state index contributed by atoms with van der Waals surface area (Å²) in [6, 6.07) is 9.26. The molecule has 3 aromatic rings. The smallest absolute Gasteiger partial charge is 0.363 e. The highest BCUT2D eigenvalue weighted by atomic mass is 32.1. The van der Waals surface area contributed by atoms with Gasteiger partial charge < -0.3 is 35.0 Å². The van der Waals surface area contributed by atoms with Crippen molar-refractivity contribution < 1.29 is 42.7 Å². The van der Waals surface area contributed by atoms with Gasteiger partial charge in [0.1, 0.15) is 24.2 Å². The van der Waals surface area contributed by atoms with E-state index in [1.807, 2.05) is 6.07 Å². The molecule has 1 unspecified atom stereocenters. The number of likely N-dealkylation sites (tertiary alicyclic amines) is 1. The van der Waals surface area contributed by atoms with Crippen LogP contribution in [0.15, 0.2) is 48.7 Å². The van der Waals surface area contributed by atoms with Crippen molar-refractivity contribution in [3.05, 3.63) is 64.8 Å². The largest absolute Gasteiger partial charge is 0.375 e. The number of aromatic nitrogens is 1. The second-order valence-electron chi connectivity index (χ2n) is 12.6. The van der Waals surface area contributed by atoms with Crippen molar-refractivity contribution in [3.63, 3.8) is 0 Å². The van der Waals surface area contributed by atoms with Gasteiger partial charge in [0.15, 0.2) is 0 Å². The Bertz CT molecular complexity index is 1760. The molecule has 0 aliphatic carbocycles. The maximum atomic E-state index is 14.3. The van der Waals surface area contributed by atoms with E-state index < -0.39 is 37.0 Å². The number of halogens is 1. The lowest BCUT2D eigenvalue weighted by atomic mass is 9.84. The number of hydrogen-bond donors (Lipinski definition) is 4. The molecule has 16 heteroatoms. The fourth-order valence-corrected chi connectivity index (χ4v) is 8.51. The Hall–Kier alpha value is -3.75. The molecule has 6 rings (SSSR count). The SMILES string of the molecule is COCC(=O)NC1(c2ccccn2)CN(C(=O)[C@@H]2CC[C@@H]3CCCC[C@H](NC(=O)c4cc5cc(C(F)P(=O)(O)O)ccc5s4)C(=O)N32)C1. The molecular weight excluding hydrogens is 664 g/mol. The first-order valence-electron chi connectivity index (χ1n) is 15.8. The van der Waals surface area contributed by atoms with Crippen molar-refractivity contribution >= 4 is 52.6 Å². The normalized spacial score (nSPS) is 23.1. The fraction of sp³-hybridized carbons (Fsp3) is 0.469. The number of rotatable bonds is 9. The van der Waals surface area contributed by atoms with Crippen LogP contribution in [0, 0.1) is 0 Å². The number of nitrogens with zero attached hydrogens (tertiary/aromatic N) is 3. The second-order valence-corrected chi connectivity index (χ2v) is 15.3. The molecule has 4 atom stereocenters. The molecular formula is C32H37FN5O8PS. The van der Waals surface area contributed by atoms with Gasteiger partial charge in [-0.25, -0.2) is 4.39 Å². The Morgan fingerprint density at radius 1 is 1.12 bits per heavy atom. The Kier molecular flexibility index (Phi) is 9.69. The molecule has 3 fully saturated rings. The van der Waals surface area contributed by atoms with Crippen molar-refractivity contribution in [1.29, 1.82) is 0 Å². The summed E-state index contributed by atoms with van der Waals surface area (Å²) in [5, 5.41) is 6.28. The van der Waals surface area contributed by atoms with Crippen LogP contribution < -0.4 is 10.6 Å². The lowest BCUT2D eigenvalue weighted by Gasteiger charge is -2.51. The second kappa shape index (κ2) is 13.6. The van der Waals surface area contributed by atoms with E-state index in [-0.39, 0.29) is 53.9 Å². The molecule has 5 heterocycles. The van der Waals surface area contributed by atoms with Crippen molar-refractivity contribution in [2.24, 2.45) is 0 Å². The van der Waals surface area contributed by atoms with Crippen molar-refractivity contribution in [1.82, 2.24) is 25.4 Å². The van der Waals surface area contributed by atoms with E-state index in [0.717, 1.165) is 30.6 Å². The fourth-order valence-electron chi connectivity index (χ4n) is 7.01. The summed E-state index contributed by atoms with van der Waals surface area (Å²) < 4.78 is 31.3. The number of amides is 4. The summed E-state index contributed by atoms with van der Waals surface area (Å²) >= 11 is 1.12. The number of hydrogen-bond acceptors (Lipinski definition) is 8. The lowest BCUT2D eigenvalue weighted by molar-refractivity contribution is -0.154. The first kappa shape index (κ1) is 34.1. The predicted molar refractivity (Wildman–Crippen MR) is 174 cm³/mol. The van der Waals surface area contributed by atoms with Gasteiger partial charge in [-0.3, -0.25) is 28.7 Å². The van der Waals surface area contributed by atoms with E-state index in [4.69, 9.17) is 4.74 Å². The minimum absolute atomic E-state index is 0.139. The average Bonchev–Trinajstić information content (AvgIpc) is 3.66. The van der Waals surface area contributed by atoms with Crippen LogP contribution in [0.3, 0.4) is 0 Å². The summed E-state index contributed by atoms with van der Waals surface area (Å²) in [6.45, 7) is 0.235. The van der Waals surface area contributed by atoms with Gasteiger partial charge in [0.2, 0.25) is 23.6 Å². The van der Waals surface area contributed by atoms with Crippen LogP contribution in [0.2, 0.25) is 0 Å². The van der Waals surface area contributed by atoms with Gasteiger partial charge in [-0.2, -0.15) is 0 Å². The number of benzene rings is 1. The van der Waals surface area contributed by atoms with Crippen LogP contribution in [0.1, 0.15) is 65.4 Å². The third-order valence-corrected chi connectivity index (χ3v) is 11.3. The summed E-state index contributed by atoms with van der Waals surface area (Å²) in [5.41, 5.74) is -0.451. The van der Waals surface area contributed by atoms with E-state index in [0.29, 0.717) is 35.0 Å². The van der Waals surface area contributed by atoms with Gasteiger partial charge in [0.25, 0.3) is 5.91 Å². The Morgan fingerprint density at radius 2 is 1.90 bits per heavy atom. The highest BCUT2D eigenvalue weighted by molar-refractivity contribution is 7.51. The van der Waals surface area contributed by atoms with Crippen LogP contribution in [0.25, 0.3) is 10.1 Å². The number of ether oxygens (including phenoxy) is 1. The monoisotopic (exact) mass is 701 g/mol. The number of carbonyl (C=O) groups excluding carboxylic acids is 4. The molecule has 4 N–H and O–H groups in total. The number of fused-ring (bicyclic) bond motifs is 2. The van der Waals surface area contributed by atoms with Gasteiger partial charge in [0, 0.05) is 24.0 Å². The van der Waals surface area contributed by atoms with Gasteiger partial charge in [-0.1, -0.05) is 25.0 Å². The van der Waals surface area contributed by atoms with E-state index >= 15 is 0 Å². The number of methoxy groups -OCH3 is 1. The topological polar surface area (TPSA) is 178 Å². The van der Waals surface area contributed by atoms with E-state index in [1.165, 1.54) is 31.4 Å². The zero-order valence-corrected chi connectivity index (χ0v) is 27.9. The van der Waals surface area contributed by atoms with Gasteiger partial charge >= 0.3 is 7.60 Å². The predicted octanol–water partition coefficient (Wildman–Crippen LogP) is 2.97. The molecule has 3 aliphatic heterocycles. The molecule has 0 radical (unpaired) electrons. The number of nitrogens with one attached hydrogen (secondary N) is 2. The van der Waals surface area contributed by atoms with Crippen LogP contribution in [-0.4, -0.2) is 93.1 Å². The molecule has 4 amide bonds. The van der Waals surface area contributed by atoms with Gasteiger partial charge in [-0.05, 0) is 67.0 Å². The zero-order valence-electron chi connectivity index (χ0n) is 26.2. The standard InChI is InChI=1S/C32H37FN5O8PS/c1-46-16-27(39)36-32(26-8-4-5-13-34-26)17-37(18-32)31(42)23-11-10-21-6-2-3-7-22(30(41)38(21)23)35-29(40)25-15-20-14-19(9-12-24(20)48-25)28(33)47(43,44)45/h4-5,8-9,12-15,21-23,28H,2-3,6-7,10-11,16-18H2,1H3,(H,35,40)(H,36,39)(H2,43,44,45)/t21-,22-,23-,28?/m0/s1. The maximum Gasteiger partial charge on any atom is 0.363 e. The average molecular weight is 702 g/mol. The maximum absolute atomic E-state index is 14.3. The molecule has 13 nitrogen and oxygen atoms in total. The summed E-state index contributed by atoms with van der Waals surface area (Å²) in [5.74, 6) is -3.85. The number of pyridine rings is 1. The Morgan fingerprint density at radius 3 is 2.60 bits per heavy atom. The first-order valence-corrected chi connectivity index (χ1v) is 18.3. The first-order chi connectivity index (χ1) is 22.9. The quantitative estimate of drug-likeness (QED) is 0.244. The number of thiophene rings is 1. The summed E-state index contributed by atoms with van der Waals surface area (Å²) in [7, 11) is -3.57. The Labute approximate surface area is 280 Å². The highest BCUT2D eigenvalue weighted by Gasteiger charge is 2.53.